The van der Waals surface area contributed by atoms with Crippen LogP contribution in [0.25, 0.3) is 11.1 Å². The van der Waals surface area contributed by atoms with E-state index < -0.39 is 0 Å². The van der Waals surface area contributed by atoms with Gasteiger partial charge in [0.05, 0.1) is 11.9 Å². The van der Waals surface area contributed by atoms with E-state index in [9.17, 15) is 0 Å². The number of aryl methyl sites for hydroxylation is 1. The van der Waals surface area contributed by atoms with Gasteiger partial charge in [0.25, 0.3) is 0 Å². The molecule has 1 aromatic carbocycles. The molecule has 3 aromatic rings. The maximum Gasteiger partial charge on any atom is 0.227 e. The van der Waals surface area contributed by atoms with Gasteiger partial charge >= 0.3 is 0 Å². The highest BCUT2D eigenvalue weighted by atomic mass is 15.1. The highest BCUT2D eigenvalue weighted by Crippen LogP contribution is 2.20. The molecule has 2 aromatic heterocycles. The van der Waals surface area contributed by atoms with Gasteiger partial charge in [-0.25, -0.2) is 9.97 Å². The molecule has 5 heteroatoms. The summed E-state index contributed by atoms with van der Waals surface area (Å²) in [4.78, 5) is 15.9. The summed E-state index contributed by atoms with van der Waals surface area (Å²) < 4.78 is 0. The SMILES string of the molecule is Cc1ccc(-c2cnc(Nc3cncc(CCN4CCCCC4)c3)nc2)cc1. The number of pyridine rings is 1. The number of benzene rings is 1. The molecule has 0 bridgehead atoms. The largest absolute Gasteiger partial charge is 0.323 e. The fraction of sp³-hybridized carbons (Fsp3) is 0.348. The van der Waals surface area contributed by atoms with Crippen molar-refractivity contribution in [3.05, 3.63) is 66.2 Å². The first-order valence-electron chi connectivity index (χ1n) is 10.1. The van der Waals surface area contributed by atoms with Gasteiger partial charge in [0.15, 0.2) is 0 Å². The molecule has 144 valence electrons. The predicted octanol–water partition coefficient (Wildman–Crippen LogP) is 4.62. The second-order valence-corrected chi connectivity index (χ2v) is 7.52. The standard InChI is InChI=1S/C23H27N5/c1-18-5-7-20(8-6-18)21-15-25-23(26-16-21)27-22-13-19(14-24-17-22)9-12-28-10-3-2-4-11-28/h5-8,13-17H,2-4,9-12H2,1H3,(H,25,26,27). The predicted molar refractivity (Wildman–Crippen MR) is 114 cm³/mol. The van der Waals surface area contributed by atoms with E-state index in [2.05, 4.69) is 62.4 Å². The second-order valence-electron chi connectivity index (χ2n) is 7.52. The molecule has 0 spiro atoms. The Balaban J connectivity index is 1.37. The first-order valence-corrected chi connectivity index (χ1v) is 10.1. The number of anilines is 2. The summed E-state index contributed by atoms with van der Waals surface area (Å²) in [6.45, 7) is 5.65. The van der Waals surface area contributed by atoms with E-state index in [4.69, 9.17) is 0 Å². The lowest BCUT2D eigenvalue weighted by molar-refractivity contribution is 0.231. The number of hydrogen-bond acceptors (Lipinski definition) is 5. The number of aromatic nitrogens is 3. The second kappa shape index (κ2) is 8.93. The molecule has 0 unspecified atom stereocenters. The molecular weight excluding hydrogens is 346 g/mol. The maximum absolute atomic E-state index is 4.46. The molecular formula is C23H27N5. The topological polar surface area (TPSA) is 53.9 Å². The first kappa shape index (κ1) is 18.6. The number of nitrogens with one attached hydrogen (secondary N) is 1. The van der Waals surface area contributed by atoms with Crippen LogP contribution in [0, 0.1) is 6.92 Å². The van der Waals surface area contributed by atoms with E-state index in [1.807, 2.05) is 24.8 Å². The Kier molecular flexibility index (Phi) is 5.92. The molecule has 4 rings (SSSR count). The molecule has 1 aliphatic rings. The van der Waals surface area contributed by atoms with Gasteiger partial charge in [0.2, 0.25) is 5.95 Å². The molecule has 28 heavy (non-hydrogen) atoms. The van der Waals surface area contributed by atoms with Gasteiger partial charge in [-0.1, -0.05) is 36.2 Å². The van der Waals surface area contributed by atoms with Gasteiger partial charge in [-0.15, -0.1) is 0 Å². The molecule has 0 atom stereocenters. The smallest absolute Gasteiger partial charge is 0.227 e. The van der Waals surface area contributed by atoms with Gasteiger partial charge in [0, 0.05) is 30.7 Å². The number of hydrogen-bond donors (Lipinski definition) is 1. The van der Waals surface area contributed by atoms with Crippen LogP contribution >= 0.6 is 0 Å². The van der Waals surface area contributed by atoms with Crippen molar-refractivity contribution in [2.75, 3.05) is 25.0 Å². The minimum absolute atomic E-state index is 0.589. The molecule has 0 amide bonds. The molecule has 1 saturated heterocycles. The molecule has 0 radical (unpaired) electrons. The molecule has 0 aliphatic carbocycles. The molecule has 5 nitrogen and oxygen atoms in total. The number of piperidine rings is 1. The summed E-state index contributed by atoms with van der Waals surface area (Å²) in [5.74, 6) is 0.589. The lowest BCUT2D eigenvalue weighted by Gasteiger charge is -2.26. The number of likely N-dealkylation sites (tertiary alicyclic amines) is 1. The van der Waals surface area contributed by atoms with Crippen molar-refractivity contribution in [3.8, 4) is 11.1 Å². The van der Waals surface area contributed by atoms with Gasteiger partial charge in [-0.2, -0.15) is 0 Å². The average molecular weight is 374 g/mol. The van der Waals surface area contributed by atoms with Gasteiger partial charge in [-0.3, -0.25) is 4.98 Å². The van der Waals surface area contributed by atoms with Crippen molar-refractivity contribution >= 4 is 11.6 Å². The normalized spacial score (nSPS) is 14.8. The monoisotopic (exact) mass is 373 g/mol. The third-order valence-electron chi connectivity index (χ3n) is 5.25. The van der Waals surface area contributed by atoms with Crippen LogP contribution in [0.3, 0.4) is 0 Å². The van der Waals surface area contributed by atoms with Crippen molar-refractivity contribution < 1.29 is 0 Å². The van der Waals surface area contributed by atoms with E-state index in [0.29, 0.717) is 5.95 Å². The Morgan fingerprint density at radius 1 is 0.893 bits per heavy atom. The summed E-state index contributed by atoms with van der Waals surface area (Å²) >= 11 is 0. The van der Waals surface area contributed by atoms with E-state index in [1.165, 1.54) is 43.5 Å². The summed E-state index contributed by atoms with van der Waals surface area (Å²) in [6.07, 6.45) is 12.5. The fourth-order valence-corrected chi connectivity index (χ4v) is 3.58. The Bertz CT molecular complexity index is 884. The molecule has 1 fully saturated rings. The zero-order valence-corrected chi connectivity index (χ0v) is 16.4. The zero-order valence-electron chi connectivity index (χ0n) is 16.4. The van der Waals surface area contributed by atoms with Crippen LogP contribution in [0.4, 0.5) is 11.6 Å². The van der Waals surface area contributed by atoms with E-state index >= 15 is 0 Å². The van der Waals surface area contributed by atoms with Gasteiger partial charge < -0.3 is 10.2 Å². The zero-order chi connectivity index (χ0) is 19.2. The summed E-state index contributed by atoms with van der Waals surface area (Å²) in [5, 5.41) is 3.27. The summed E-state index contributed by atoms with van der Waals surface area (Å²) in [7, 11) is 0. The lowest BCUT2D eigenvalue weighted by atomic mass is 10.1. The van der Waals surface area contributed by atoms with Crippen molar-refractivity contribution in [3.63, 3.8) is 0 Å². The average Bonchev–Trinajstić information content (AvgIpc) is 2.75. The van der Waals surface area contributed by atoms with Crippen molar-refractivity contribution in [2.24, 2.45) is 0 Å². The van der Waals surface area contributed by atoms with Gasteiger partial charge in [-0.05, 0) is 56.5 Å². The first-order chi connectivity index (χ1) is 13.8. The Morgan fingerprint density at radius 2 is 1.64 bits per heavy atom. The minimum atomic E-state index is 0.589. The quantitative estimate of drug-likeness (QED) is 0.683. The third-order valence-corrected chi connectivity index (χ3v) is 5.25. The third kappa shape index (κ3) is 4.93. The number of rotatable bonds is 6. The highest BCUT2D eigenvalue weighted by molar-refractivity contribution is 5.63. The van der Waals surface area contributed by atoms with Crippen LogP contribution in [0.2, 0.25) is 0 Å². The fourth-order valence-electron chi connectivity index (χ4n) is 3.58. The Morgan fingerprint density at radius 3 is 2.39 bits per heavy atom. The summed E-state index contributed by atoms with van der Waals surface area (Å²) in [6, 6.07) is 10.5. The minimum Gasteiger partial charge on any atom is -0.323 e. The summed E-state index contributed by atoms with van der Waals surface area (Å²) in [5.41, 5.74) is 5.55. The Hall–Kier alpha value is -2.79. The molecule has 3 heterocycles. The van der Waals surface area contributed by atoms with Crippen LogP contribution in [0.5, 0.6) is 0 Å². The molecule has 1 aliphatic heterocycles. The van der Waals surface area contributed by atoms with E-state index in [-0.39, 0.29) is 0 Å². The molecule has 1 N–H and O–H groups in total. The van der Waals surface area contributed by atoms with Crippen molar-refractivity contribution in [1.29, 1.82) is 0 Å². The van der Waals surface area contributed by atoms with E-state index in [0.717, 1.165) is 29.8 Å². The van der Waals surface area contributed by atoms with Crippen LogP contribution in [-0.2, 0) is 6.42 Å². The van der Waals surface area contributed by atoms with Crippen molar-refractivity contribution in [1.82, 2.24) is 19.9 Å². The van der Waals surface area contributed by atoms with Crippen LogP contribution < -0.4 is 5.32 Å². The van der Waals surface area contributed by atoms with E-state index in [1.54, 1.807) is 0 Å². The maximum atomic E-state index is 4.46. The van der Waals surface area contributed by atoms with Crippen LogP contribution in [0.15, 0.2) is 55.1 Å². The lowest BCUT2D eigenvalue weighted by Crippen LogP contribution is -2.31. The Labute approximate surface area is 166 Å². The van der Waals surface area contributed by atoms with Crippen LogP contribution in [0.1, 0.15) is 30.4 Å². The highest BCUT2D eigenvalue weighted by Gasteiger charge is 2.10. The molecule has 0 saturated carbocycles. The van der Waals surface area contributed by atoms with Gasteiger partial charge in [0.1, 0.15) is 0 Å². The number of nitrogens with zero attached hydrogens (tertiary/aromatic N) is 4. The van der Waals surface area contributed by atoms with Crippen LogP contribution in [-0.4, -0.2) is 39.5 Å². The van der Waals surface area contributed by atoms with Crippen molar-refractivity contribution in [2.45, 2.75) is 32.6 Å².